The molecule has 162 valence electrons. The van der Waals surface area contributed by atoms with Crippen molar-refractivity contribution in [2.45, 2.75) is 110 Å². The molecule has 0 bridgehead atoms. The van der Waals surface area contributed by atoms with E-state index < -0.39 is 0 Å². The molecule has 2 nitrogen and oxygen atoms in total. The normalized spacial score (nSPS) is 27.1. The van der Waals surface area contributed by atoms with Crippen molar-refractivity contribution in [3.05, 3.63) is 23.3 Å². The molecule has 0 saturated heterocycles. The fourth-order valence-electron chi connectivity index (χ4n) is 6.54. The van der Waals surface area contributed by atoms with Gasteiger partial charge < -0.3 is 4.90 Å². The van der Waals surface area contributed by atoms with Crippen LogP contribution in [0.5, 0.6) is 0 Å². The number of rotatable bonds is 7. The van der Waals surface area contributed by atoms with Crippen LogP contribution in [0.15, 0.2) is 17.1 Å². The smallest absolute Gasteiger partial charge is 0.0859 e. The van der Waals surface area contributed by atoms with Crippen molar-refractivity contribution in [1.82, 2.24) is 0 Å². The molecule has 1 saturated carbocycles. The second-order valence-corrected chi connectivity index (χ2v) is 11.3. The maximum Gasteiger partial charge on any atom is 0.0859 e. The standard InChI is InChI=1S/C27H44N2/c1-11-14-19(12-2)27(8)21-17-22(28-9)23(29(10)26(7)15-13-16-26)18-20(21)24(3,4)25(27,5)6/h17-19H,9,11-16H2,1-8,10H3. The van der Waals surface area contributed by atoms with E-state index in [1.807, 2.05) is 0 Å². The first-order chi connectivity index (χ1) is 13.4. The molecule has 0 spiro atoms. The predicted octanol–water partition coefficient (Wildman–Crippen LogP) is 7.80. The Morgan fingerprint density at radius 1 is 1.03 bits per heavy atom. The van der Waals surface area contributed by atoms with E-state index >= 15 is 0 Å². The molecule has 1 fully saturated rings. The van der Waals surface area contributed by atoms with E-state index in [1.165, 1.54) is 55.3 Å². The van der Waals surface area contributed by atoms with Gasteiger partial charge in [0.25, 0.3) is 0 Å². The van der Waals surface area contributed by atoms with Crippen LogP contribution in [0.3, 0.4) is 0 Å². The van der Waals surface area contributed by atoms with Gasteiger partial charge in [0.15, 0.2) is 0 Å². The van der Waals surface area contributed by atoms with Crippen LogP contribution in [0.25, 0.3) is 0 Å². The Bertz CT molecular complexity index is 784. The van der Waals surface area contributed by atoms with E-state index in [0.29, 0.717) is 5.92 Å². The summed E-state index contributed by atoms with van der Waals surface area (Å²) in [6.07, 6.45) is 7.60. The van der Waals surface area contributed by atoms with Crippen molar-refractivity contribution in [2.75, 3.05) is 11.9 Å². The average molecular weight is 397 g/mol. The van der Waals surface area contributed by atoms with Crippen molar-refractivity contribution < 1.29 is 0 Å². The number of aliphatic imine (C=N–C) groups is 1. The van der Waals surface area contributed by atoms with Gasteiger partial charge in [-0.2, -0.15) is 0 Å². The van der Waals surface area contributed by atoms with Gasteiger partial charge in [0, 0.05) is 18.0 Å². The topological polar surface area (TPSA) is 15.6 Å². The SMILES string of the molecule is C=Nc1cc2c(cc1N(C)C1(C)CCC1)C(C)(C)C(C)(C)C2(C)C(CC)CCC. The minimum absolute atomic E-state index is 0.105. The molecule has 0 aliphatic heterocycles. The zero-order valence-electron chi connectivity index (χ0n) is 20.6. The summed E-state index contributed by atoms with van der Waals surface area (Å²) in [5, 5.41) is 0. The molecule has 29 heavy (non-hydrogen) atoms. The van der Waals surface area contributed by atoms with Gasteiger partial charge in [-0.15, -0.1) is 0 Å². The van der Waals surface area contributed by atoms with Crippen molar-refractivity contribution >= 4 is 18.1 Å². The highest BCUT2D eigenvalue weighted by Gasteiger charge is 2.61. The van der Waals surface area contributed by atoms with E-state index in [4.69, 9.17) is 0 Å². The molecule has 0 heterocycles. The van der Waals surface area contributed by atoms with Gasteiger partial charge in [-0.25, -0.2) is 0 Å². The third-order valence-electron chi connectivity index (χ3n) is 9.93. The second kappa shape index (κ2) is 7.13. The molecule has 1 aromatic carbocycles. The summed E-state index contributed by atoms with van der Waals surface area (Å²) in [5.74, 6) is 0.674. The molecule has 0 radical (unpaired) electrons. The van der Waals surface area contributed by atoms with Gasteiger partial charge in [-0.3, -0.25) is 4.99 Å². The van der Waals surface area contributed by atoms with E-state index in [1.54, 1.807) is 0 Å². The number of nitrogens with zero attached hydrogens (tertiary/aromatic N) is 2. The van der Waals surface area contributed by atoms with Crippen molar-refractivity contribution in [2.24, 2.45) is 16.3 Å². The molecular weight excluding hydrogens is 352 g/mol. The summed E-state index contributed by atoms with van der Waals surface area (Å²) < 4.78 is 0. The molecule has 2 aliphatic carbocycles. The Morgan fingerprint density at radius 3 is 2.10 bits per heavy atom. The number of hydrogen-bond donors (Lipinski definition) is 0. The molecular formula is C27H44N2. The maximum absolute atomic E-state index is 4.54. The zero-order valence-corrected chi connectivity index (χ0v) is 20.6. The molecule has 0 amide bonds. The summed E-state index contributed by atoms with van der Waals surface area (Å²) in [6, 6.07) is 4.89. The van der Waals surface area contributed by atoms with Crippen LogP contribution in [0.4, 0.5) is 11.4 Å². The highest BCUT2D eigenvalue weighted by Crippen LogP contribution is 2.66. The van der Waals surface area contributed by atoms with Crippen LogP contribution in [0, 0.1) is 11.3 Å². The third kappa shape index (κ3) is 2.84. The summed E-state index contributed by atoms with van der Waals surface area (Å²) in [4.78, 5) is 7.03. The van der Waals surface area contributed by atoms with Crippen LogP contribution in [0.1, 0.15) is 105 Å². The predicted molar refractivity (Wildman–Crippen MR) is 129 cm³/mol. The highest BCUT2D eigenvalue weighted by molar-refractivity contribution is 5.75. The fraction of sp³-hybridized carbons (Fsp3) is 0.741. The van der Waals surface area contributed by atoms with Crippen LogP contribution in [-0.2, 0) is 10.8 Å². The molecule has 1 aromatic rings. The number of hydrogen-bond acceptors (Lipinski definition) is 2. The monoisotopic (exact) mass is 396 g/mol. The van der Waals surface area contributed by atoms with Gasteiger partial charge in [0.2, 0.25) is 0 Å². The number of fused-ring (bicyclic) bond motifs is 1. The Morgan fingerprint density at radius 2 is 1.66 bits per heavy atom. The third-order valence-corrected chi connectivity index (χ3v) is 9.93. The van der Waals surface area contributed by atoms with Gasteiger partial charge in [0.1, 0.15) is 0 Å². The van der Waals surface area contributed by atoms with Crippen molar-refractivity contribution in [3.8, 4) is 0 Å². The summed E-state index contributed by atoms with van der Waals surface area (Å²) in [7, 11) is 2.26. The van der Waals surface area contributed by atoms with Gasteiger partial charge in [-0.1, -0.05) is 61.3 Å². The lowest BCUT2D eigenvalue weighted by Crippen LogP contribution is -2.49. The average Bonchev–Trinajstić information content (AvgIpc) is 2.78. The van der Waals surface area contributed by atoms with Gasteiger partial charge in [0.05, 0.1) is 11.4 Å². The first-order valence-electron chi connectivity index (χ1n) is 11.8. The fourth-order valence-corrected chi connectivity index (χ4v) is 6.54. The molecule has 3 rings (SSSR count). The lowest BCUT2D eigenvalue weighted by molar-refractivity contribution is 0.0548. The number of anilines is 1. The number of benzene rings is 1. The van der Waals surface area contributed by atoms with Crippen LogP contribution < -0.4 is 4.90 Å². The second-order valence-electron chi connectivity index (χ2n) is 11.3. The van der Waals surface area contributed by atoms with Crippen molar-refractivity contribution in [3.63, 3.8) is 0 Å². The molecule has 0 N–H and O–H groups in total. The van der Waals surface area contributed by atoms with Gasteiger partial charge in [-0.05, 0) is 79.3 Å². The molecule has 0 aromatic heterocycles. The molecule has 2 heteroatoms. The zero-order chi connectivity index (χ0) is 21.8. The van der Waals surface area contributed by atoms with E-state index in [9.17, 15) is 0 Å². The lowest BCUT2D eigenvalue weighted by atomic mass is 9.53. The van der Waals surface area contributed by atoms with Crippen molar-refractivity contribution in [1.29, 1.82) is 0 Å². The minimum Gasteiger partial charge on any atom is -0.367 e. The first-order valence-corrected chi connectivity index (χ1v) is 11.8. The summed E-state index contributed by atoms with van der Waals surface area (Å²) >= 11 is 0. The Balaban J connectivity index is 2.25. The van der Waals surface area contributed by atoms with E-state index in [-0.39, 0.29) is 21.8 Å². The quantitative estimate of drug-likeness (QED) is 0.429. The van der Waals surface area contributed by atoms with E-state index in [0.717, 1.165) is 5.69 Å². The molecule has 2 atom stereocenters. The summed E-state index contributed by atoms with van der Waals surface area (Å²) in [5.41, 5.74) is 6.02. The Kier molecular flexibility index (Phi) is 5.50. The molecule has 2 unspecified atom stereocenters. The Hall–Kier alpha value is -1.31. The van der Waals surface area contributed by atoms with Gasteiger partial charge >= 0.3 is 0 Å². The lowest BCUT2D eigenvalue weighted by Gasteiger charge is -2.50. The maximum atomic E-state index is 4.54. The van der Waals surface area contributed by atoms with E-state index in [2.05, 4.69) is 91.2 Å². The van der Waals surface area contributed by atoms with Crippen LogP contribution in [-0.4, -0.2) is 19.3 Å². The largest absolute Gasteiger partial charge is 0.367 e. The first kappa shape index (κ1) is 22.4. The summed E-state index contributed by atoms with van der Waals surface area (Å²) in [6.45, 7) is 23.5. The van der Waals surface area contributed by atoms with Crippen LogP contribution in [0.2, 0.25) is 0 Å². The minimum atomic E-state index is 0.105. The van der Waals surface area contributed by atoms with Crippen LogP contribution >= 0.6 is 0 Å². The highest BCUT2D eigenvalue weighted by atomic mass is 15.2. The molecule has 2 aliphatic rings. The Labute approximate surface area is 180 Å².